The molecule has 11 heteroatoms. The summed E-state index contributed by atoms with van der Waals surface area (Å²) in [5, 5.41) is 16.7. The quantitative estimate of drug-likeness (QED) is 0.317. The molecule has 0 unspecified atom stereocenters. The van der Waals surface area contributed by atoms with Crippen molar-refractivity contribution in [2.75, 3.05) is 5.84 Å². The SMILES string of the molecule is Nn1c(COc2ccc(F)cc2)nnc1SCc1nnc(-c2ccccc2Br)o1. The summed E-state index contributed by atoms with van der Waals surface area (Å²) in [4.78, 5) is 0. The molecule has 0 amide bonds. The van der Waals surface area contributed by atoms with Gasteiger partial charge >= 0.3 is 0 Å². The average Bonchev–Trinajstić information content (AvgIpc) is 3.33. The fraction of sp³-hybridized carbons (Fsp3) is 0.111. The van der Waals surface area contributed by atoms with Crippen LogP contribution in [-0.2, 0) is 12.4 Å². The first-order chi connectivity index (χ1) is 14.1. The number of halogens is 2. The van der Waals surface area contributed by atoms with Crippen LogP contribution in [0.1, 0.15) is 11.7 Å². The lowest BCUT2D eigenvalue weighted by Crippen LogP contribution is -2.15. The van der Waals surface area contributed by atoms with Crippen molar-refractivity contribution in [3.63, 3.8) is 0 Å². The van der Waals surface area contributed by atoms with Gasteiger partial charge in [-0.1, -0.05) is 23.9 Å². The Bertz CT molecular complexity index is 1120. The zero-order valence-electron chi connectivity index (χ0n) is 14.8. The largest absolute Gasteiger partial charge is 0.486 e. The van der Waals surface area contributed by atoms with E-state index in [1.165, 1.54) is 40.7 Å². The lowest BCUT2D eigenvalue weighted by molar-refractivity contribution is 0.291. The van der Waals surface area contributed by atoms with E-state index >= 15 is 0 Å². The molecule has 0 spiro atoms. The van der Waals surface area contributed by atoms with E-state index in [9.17, 15) is 4.39 Å². The van der Waals surface area contributed by atoms with Crippen molar-refractivity contribution in [2.45, 2.75) is 17.5 Å². The molecule has 4 aromatic rings. The van der Waals surface area contributed by atoms with Gasteiger partial charge in [-0.15, -0.1) is 20.4 Å². The van der Waals surface area contributed by atoms with E-state index in [1.807, 2.05) is 24.3 Å². The summed E-state index contributed by atoms with van der Waals surface area (Å²) in [6.45, 7) is 0.0996. The number of nitrogens with two attached hydrogens (primary N) is 1. The summed E-state index contributed by atoms with van der Waals surface area (Å²) in [6, 6.07) is 13.3. The molecule has 0 aliphatic rings. The minimum absolute atomic E-state index is 0.0996. The molecule has 0 bridgehead atoms. The fourth-order valence-corrected chi connectivity index (χ4v) is 3.53. The molecule has 0 radical (unpaired) electrons. The van der Waals surface area contributed by atoms with Crippen LogP contribution in [-0.4, -0.2) is 25.1 Å². The summed E-state index contributed by atoms with van der Waals surface area (Å²) in [6.07, 6.45) is 0. The number of thioether (sulfide) groups is 1. The third-order valence-electron chi connectivity index (χ3n) is 3.81. The molecular formula is C18H14BrFN6O2S. The van der Waals surface area contributed by atoms with Gasteiger partial charge in [-0.25, -0.2) is 9.07 Å². The second kappa shape index (κ2) is 8.62. The lowest BCUT2D eigenvalue weighted by Gasteiger charge is -2.06. The highest BCUT2D eigenvalue weighted by Gasteiger charge is 2.15. The molecule has 0 atom stereocenters. The van der Waals surface area contributed by atoms with Crippen LogP contribution in [0.25, 0.3) is 11.5 Å². The van der Waals surface area contributed by atoms with E-state index < -0.39 is 0 Å². The van der Waals surface area contributed by atoms with Crippen molar-refractivity contribution >= 4 is 27.7 Å². The van der Waals surface area contributed by atoms with E-state index in [2.05, 4.69) is 36.3 Å². The molecule has 0 saturated heterocycles. The Morgan fingerprint density at radius 1 is 1.07 bits per heavy atom. The van der Waals surface area contributed by atoms with Crippen molar-refractivity contribution in [1.82, 2.24) is 25.1 Å². The van der Waals surface area contributed by atoms with Gasteiger partial charge in [0.25, 0.3) is 0 Å². The molecule has 2 N–H and O–H groups in total. The molecule has 29 heavy (non-hydrogen) atoms. The predicted octanol–water partition coefficient (Wildman–Crippen LogP) is 3.81. The summed E-state index contributed by atoms with van der Waals surface area (Å²) < 4.78 is 26.4. The minimum atomic E-state index is -0.332. The highest BCUT2D eigenvalue weighted by atomic mass is 79.9. The van der Waals surface area contributed by atoms with Gasteiger partial charge in [0.1, 0.15) is 18.2 Å². The van der Waals surface area contributed by atoms with Crippen LogP contribution in [0.5, 0.6) is 5.75 Å². The minimum Gasteiger partial charge on any atom is -0.486 e. The van der Waals surface area contributed by atoms with Gasteiger partial charge < -0.3 is 15.0 Å². The fourth-order valence-electron chi connectivity index (χ4n) is 2.36. The van der Waals surface area contributed by atoms with E-state index in [1.54, 1.807) is 0 Å². The van der Waals surface area contributed by atoms with Gasteiger partial charge in [0.05, 0.1) is 11.3 Å². The number of nitrogen functional groups attached to an aromatic ring is 1. The maximum Gasteiger partial charge on any atom is 0.248 e. The van der Waals surface area contributed by atoms with Crippen molar-refractivity contribution in [3.8, 4) is 17.2 Å². The van der Waals surface area contributed by atoms with E-state index in [0.29, 0.717) is 34.3 Å². The first-order valence-corrected chi connectivity index (χ1v) is 10.2. The predicted molar refractivity (Wildman–Crippen MR) is 108 cm³/mol. The first kappa shape index (κ1) is 19.4. The van der Waals surface area contributed by atoms with Gasteiger partial charge in [-0.3, -0.25) is 0 Å². The Kier molecular flexibility index (Phi) is 5.76. The monoisotopic (exact) mass is 476 g/mol. The van der Waals surface area contributed by atoms with Crippen LogP contribution in [0, 0.1) is 5.82 Å². The van der Waals surface area contributed by atoms with Crippen LogP contribution in [0.15, 0.2) is 62.6 Å². The Labute approximate surface area is 177 Å². The van der Waals surface area contributed by atoms with E-state index in [4.69, 9.17) is 15.0 Å². The molecule has 8 nitrogen and oxygen atoms in total. The normalized spacial score (nSPS) is 11.0. The number of hydrogen-bond donors (Lipinski definition) is 1. The number of ether oxygens (including phenoxy) is 1. The van der Waals surface area contributed by atoms with Crippen LogP contribution in [0.4, 0.5) is 4.39 Å². The number of nitrogens with zero attached hydrogens (tertiary/aromatic N) is 5. The second-order valence-electron chi connectivity index (χ2n) is 5.78. The van der Waals surface area contributed by atoms with Gasteiger partial charge in [0.15, 0.2) is 5.82 Å². The summed E-state index contributed by atoms with van der Waals surface area (Å²) >= 11 is 4.77. The lowest BCUT2D eigenvalue weighted by atomic mass is 10.2. The Hall–Kier alpha value is -2.92. The number of rotatable bonds is 7. The van der Waals surface area contributed by atoms with Crippen LogP contribution in [0.3, 0.4) is 0 Å². The molecule has 2 aromatic carbocycles. The van der Waals surface area contributed by atoms with Crippen molar-refractivity contribution in [1.29, 1.82) is 0 Å². The standard InChI is InChI=1S/C18H14BrFN6O2S/c19-14-4-2-1-3-13(14)17-24-23-16(28-17)10-29-18-25-22-15(26(18)21)9-27-12-7-5-11(20)6-8-12/h1-8H,9-10,21H2. The first-order valence-electron chi connectivity index (χ1n) is 8.38. The second-order valence-corrected chi connectivity index (χ2v) is 7.58. The third kappa shape index (κ3) is 4.57. The van der Waals surface area contributed by atoms with Gasteiger partial charge in [0.2, 0.25) is 16.9 Å². The zero-order valence-corrected chi connectivity index (χ0v) is 17.2. The maximum atomic E-state index is 12.9. The maximum absolute atomic E-state index is 12.9. The Balaban J connectivity index is 1.37. The highest BCUT2D eigenvalue weighted by Crippen LogP contribution is 2.28. The number of benzene rings is 2. The molecule has 0 saturated carbocycles. The van der Waals surface area contributed by atoms with Crippen molar-refractivity contribution in [3.05, 3.63) is 70.5 Å². The molecule has 2 aromatic heterocycles. The molecular weight excluding hydrogens is 463 g/mol. The topological polar surface area (TPSA) is 105 Å². The van der Waals surface area contributed by atoms with Gasteiger partial charge in [-0.05, 0) is 52.3 Å². The Morgan fingerprint density at radius 2 is 1.86 bits per heavy atom. The molecule has 0 aliphatic carbocycles. The molecule has 2 heterocycles. The highest BCUT2D eigenvalue weighted by molar-refractivity contribution is 9.10. The Morgan fingerprint density at radius 3 is 2.66 bits per heavy atom. The number of aromatic nitrogens is 5. The van der Waals surface area contributed by atoms with Crippen molar-refractivity contribution < 1.29 is 13.5 Å². The molecule has 0 aliphatic heterocycles. The van der Waals surface area contributed by atoms with E-state index in [0.717, 1.165) is 10.0 Å². The average molecular weight is 477 g/mol. The van der Waals surface area contributed by atoms with E-state index in [-0.39, 0.29) is 12.4 Å². The number of hydrogen-bond acceptors (Lipinski definition) is 8. The third-order valence-corrected chi connectivity index (χ3v) is 5.43. The molecule has 0 fully saturated rings. The van der Waals surface area contributed by atoms with Gasteiger partial charge in [-0.2, -0.15) is 0 Å². The van der Waals surface area contributed by atoms with Crippen LogP contribution < -0.4 is 10.6 Å². The van der Waals surface area contributed by atoms with Crippen molar-refractivity contribution in [2.24, 2.45) is 0 Å². The molecule has 148 valence electrons. The zero-order chi connectivity index (χ0) is 20.2. The summed E-state index contributed by atoms with van der Waals surface area (Å²) in [5.41, 5.74) is 0.818. The van der Waals surface area contributed by atoms with Crippen LogP contribution >= 0.6 is 27.7 Å². The van der Waals surface area contributed by atoms with Crippen LogP contribution in [0.2, 0.25) is 0 Å². The smallest absolute Gasteiger partial charge is 0.248 e. The van der Waals surface area contributed by atoms with Gasteiger partial charge in [0, 0.05) is 4.47 Å². The summed E-state index contributed by atoms with van der Waals surface area (Å²) in [7, 11) is 0. The summed E-state index contributed by atoms with van der Waals surface area (Å²) in [5.74, 6) is 7.88. The molecule has 4 rings (SSSR count).